The number of hydrogen-bond donors (Lipinski definition) is 0. The Bertz CT molecular complexity index is 272. The van der Waals surface area contributed by atoms with Crippen molar-refractivity contribution in [1.82, 2.24) is 9.80 Å². The van der Waals surface area contributed by atoms with Crippen LogP contribution in [0.25, 0.3) is 0 Å². The number of fused-ring (bicyclic) bond motifs is 1. The van der Waals surface area contributed by atoms with Gasteiger partial charge in [-0.3, -0.25) is 9.80 Å². The highest BCUT2D eigenvalue weighted by Gasteiger charge is 2.33. The molecule has 1 aliphatic carbocycles. The minimum Gasteiger partial charge on any atom is -0.299 e. The highest BCUT2D eigenvalue weighted by molar-refractivity contribution is 4.89. The van der Waals surface area contributed by atoms with Crippen LogP contribution in [0.5, 0.6) is 0 Å². The molecule has 110 valence electrons. The van der Waals surface area contributed by atoms with E-state index in [4.69, 9.17) is 0 Å². The van der Waals surface area contributed by atoms with E-state index in [2.05, 4.69) is 16.7 Å². The zero-order chi connectivity index (χ0) is 13.1. The summed E-state index contributed by atoms with van der Waals surface area (Å²) in [5.41, 5.74) is 0. The second kappa shape index (κ2) is 6.58. The van der Waals surface area contributed by atoms with E-state index >= 15 is 0 Å². The average molecular weight is 264 g/mol. The summed E-state index contributed by atoms with van der Waals surface area (Å²) < 4.78 is 0. The predicted molar refractivity (Wildman–Crippen MR) is 81.4 cm³/mol. The Hall–Kier alpha value is -0.0800. The van der Waals surface area contributed by atoms with Gasteiger partial charge in [-0.15, -0.1) is 0 Å². The Morgan fingerprint density at radius 3 is 2.47 bits per heavy atom. The molecule has 2 saturated heterocycles. The lowest BCUT2D eigenvalue weighted by Gasteiger charge is -2.39. The summed E-state index contributed by atoms with van der Waals surface area (Å²) in [6.45, 7) is 7.90. The van der Waals surface area contributed by atoms with Crippen molar-refractivity contribution in [2.45, 2.75) is 76.8 Å². The molecule has 3 aliphatic rings. The zero-order valence-electron chi connectivity index (χ0n) is 12.8. The maximum absolute atomic E-state index is 2.89. The van der Waals surface area contributed by atoms with Crippen LogP contribution in [0.3, 0.4) is 0 Å². The molecule has 0 aromatic heterocycles. The van der Waals surface area contributed by atoms with Gasteiger partial charge < -0.3 is 0 Å². The van der Waals surface area contributed by atoms with Gasteiger partial charge >= 0.3 is 0 Å². The van der Waals surface area contributed by atoms with E-state index in [1.807, 2.05) is 0 Å². The Balaban J connectivity index is 1.64. The Labute approximate surface area is 119 Å². The van der Waals surface area contributed by atoms with Crippen molar-refractivity contribution in [3.8, 4) is 0 Å². The monoisotopic (exact) mass is 264 g/mol. The molecule has 2 aliphatic heterocycles. The lowest BCUT2D eigenvalue weighted by Crippen LogP contribution is -2.45. The maximum atomic E-state index is 2.89. The molecule has 3 rings (SSSR count). The molecule has 2 heteroatoms. The molecule has 19 heavy (non-hydrogen) atoms. The maximum Gasteiger partial charge on any atom is 0.0223 e. The zero-order valence-corrected chi connectivity index (χ0v) is 12.8. The second-order valence-electron chi connectivity index (χ2n) is 7.05. The first-order valence-electron chi connectivity index (χ1n) is 8.86. The van der Waals surface area contributed by atoms with E-state index in [0.29, 0.717) is 0 Å². The molecule has 0 aromatic rings. The van der Waals surface area contributed by atoms with Crippen LogP contribution >= 0.6 is 0 Å². The van der Waals surface area contributed by atoms with Gasteiger partial charge in [0.05, 0.1) is 0 Å². The van der Waals surface area contributed by atoms with Crippen molar-refractivity contribution < 1.29 is 0 Å². The standard InChI is InChI=1S/C17H32N2/c1-2-17(15-8-4-3-5-9-15)19-13-7-12-18-11-6-10-16(18)14-19/h15-17H,2-14H2,1H3. The number of nitrogens with zero attached hydrogens (tertiary/aromatic N) is 2. The molecule has 2 nitrogen and oxygen atoms in total. The summed E-state index contributed by atoms with van der Waals surface area (Å²) in [6, 6.07) is 1.78. The molecule has 2 atom stereocenters. The molecule has 2 heterocycles. The van der Waals surface area contributed by atoms with Crippen LogP contribution in [-0.4, -0.2) is 48.1 Å². The van der Waals surface area contributed by atoms with Gasteiger partial charge in [-0.25, -0.2) is 0 Å². The third kappa shape index (κ3) is 3.16. The fraction of sp³-hybridized carbons (Fsp3) is 1.00. The minimum atomic E-state index is 0.889. The molecule has 0 amide bonds. The van der Waals surface area contributed by atoms with E-state index in [9.17, 15) is 0 Å². The third-order valence-corrected chi connectivity index (χ3v) is 5.92. The predicted octanol–water partition coefficient (Wildman–Crippen LogP) is 3.52. The van der Waals surface area contributed by atoms with Crippen LogP contribution in [0.4, 0.5) is 0 Å². The van der Waals surface area contributed by atoms with Crippen molar-refractivity contribution in [3.05, 3.63) is 0 Å². The van der Waals surface area contributed by atoms with Gasteiger partial charge in [0.1, 0.15) is 0 Å². The second-order valence-corrected chi connectivity index (χ2v) is 7.05. The van der Waals surface area contributed by atoms with Crippen LogP contribution in [0.1, 0.15) is 64.7 Å². The van der Waals surface area contributed by atoms with Crippen LogP contribution in [-0.2, 0) is 0 Å². The quantitative estimate of drug-likeness (QED) is 0.769. The van der Waals surface area contributed by atoms with Crippen molar-refractivity contribution in [1.29, 1.82) is 0 Å². The topological polar surface area (TPSA) is 6.48 Å². The number of rotatable bonds is 3. The molecule has 0 N–H and O–H groups in total. The fourth-order valence-electron chi connectivity index (χ4n) is 4.94. The van der Waals surface area contributed by atoms with Gasteiger partial charge in [-0.1, -0.05) is 26.2 Å². The van der Waals surface area contributed by atoms with Gasteiger partial charge in [0.15, 0.2) is 0 Å². The molecule has 2 unspecified atom stereocenters. The van der Waals surface area contributed by atoms with E-state index in [1.165, 1.54) is 84.0 Å². The van der Waals surface area contributed by atoms with E-state index in [1.54, 1.807) is 0 Å². The largest absolute Gasteiger partial charge is 0.299 e. The summed E-state index contributed by atoms with van der Waals surface area (Å²) in [5.74, 6) is 1.01. The SMILES string of the molecule is CCC(C1CCCCC1)N1CCCN2CCCC2C1. The number of hydrogen-bond acceptors (Lipinski definition) is 2. The molecule has 3 fully saturated rings. The highest BCUT2D eigenvalue weighted by atomic mass is 15.3. The normalized spacial score (nSPS) is 33.0. The van der Waals surface area contributed by atoms with Gasteiger partial charge in [-0.05, 0) is 64.1 Å². The first kappa shape index (κ1) is 13.9. The molecule has 0 spiro atoms. The molecular weight excluding hydrogens is 232 g/mol. The van der Waals surface area contributed by atoms with Gasteiger partial charge in [0.25, 0.3) is 0 Å². The average Bonchev–Trinajstić information content (AvgIpc) is 2.79. The summed E-state index contributed by atoms with van der Waals surface area (Å²) in [4.78, 5) is 5.67. The van der Waals surface area contributed by atoms with E-state index in [0.717, 1.165) is 18.0 Å². The molecule has 0 bridgehead atoms. The van der Waals surface area contributed by atoms with Gasteiger partial charge in [-0.2, -0.15) is 0 Å². The van der Waals surface area contributed by atoms with Crippen molar-refractivity contribution in [2.24, 2.45) is 5.92 Å². The molecule has 1 saturated carbocycles. The fourth-order valence-corrected chi connectivity index (χ4v) is 4.94. The van der Waals surface area contributed by atoms with Gasteiger partial charge in [0, 0.05) is 18.6 Å². The Morgan fingerprint density at radius 2 is 1.68 bits per heavy atom. The lowest BCUT2D eigenvalue weighted by atomic mass is 9.82. The minimum absolute atomic E-state index is 0.889. The first-order valence-corrected chi connectivity index (χ1v) is 8.86. The van der Waals surface area contributed by atoms with Crippen LogP contribution in [0, 0.1) is 5.92 Å². The molecular formula is C17H32N2. The van der Waals surface area contributed by atoms with Crippen LogP contribution in [0.2, 0.25) is 0 Å². The summed E-state index contributed by atoms with van der Waals surface area (Å²) in [5, 5.41) is 0. The third-order valence-electron chi connectivity index (χ3n) is 5.92. The summed E-state index contributed by atoms with van der Waals surface area (Å²) >= 11 is 0. The Kier molecular flexibility index (Phi) is 4.81. The Morgan fingerprint density at radius 1 is 0.895 bits per heavy atom. The first-order chi connectivity index (χ1) is 9.38. The molecule has 0 aromatic carbocycles. The van der Waals surface area contributed by atoms with Gasteiger partial charge in [0.2, 0.25) is 0 Å². The van der Waals surface area contributed by atoms with Crippen molar-refractivity contribution in [3.63, 3.8) is 0 Å². The highest BCUT2D eigenvalue weighted by Crippen LogP contribution is 2.32. The summed E-state index contributed by atoms with van der Waals surface area (Å²) in [6.07, 6.45) is 13.2. The summed E-state index contributed by atoms with van der Waals surface area (Å²) in [7, 11) is 0. The van der Waals surface area contributed by atoms with E-state index < -0.39 is 0 Å². The van der Waals surface area contributed by atoms with Crippen molar-refractivity contribution in [2.75, 3.05) is 26.2 Å². The van der Waals surface area contributed by atoms with Crippen LogP contribution < -0.4 is 0 Å². The van der Waals surface area contributed by atoms with Crippen LogP contribution in [0.15, 0.2) is 0 Å². The molecule has 0 radical (unpaired) electrons. The van der Waals surface area contributed by atoms with Crippen molar-refractivity contribution >= 4 is 0 Å². The van der Waals surface area contributed by atoms with E-state index in [-0.39, 0.29) is 0 Å². The lowest BCUT2D eigenvalue weighted by molar-refractivity contribution is 0.104. The smallest absolute Gasteiger partial charge is 0.0223 e.